The van der Waals surface area contributed by atoms with E-state index >= 15 is 0 Å². The molecule has 0 spiro atoms. The Hall–Kier alpha value is -3.10. The van der Waals surface area contributed by atoms with Crippen molar-refractivity contribution >= 4 is 35.8 Å². The van der Waals surface area contributed by atoms with E-state index in [4.69, 9.17) is 19.0 Å². The molecule has 2 rings (SSSR count). The van der Waals surface area contributed by atoms with Gasteiger partial charge in [-0.05, 0) is 6.42 Å². The second-order valence-electron chi connectivity index (χ2n) is 6.61. The highest BCUT2D eigenvalue weighted by atomic mass is 16.8. The molecule has 14 heteroatoms. The van der Waals surface area contributed by atoms with Crippen molar-refractivity contribution in [3.8, 4) is 0 Å². The second kappa shape index (κ2) is 12.7. The molecule has 2 aliphatic rings. The number of esters is 1. The topological polar surface area (TPSA) is 164 Å². The molecule has 2 heterocycles. The Labute approximate surface area is 182 Å². The minimum absolute atomic E-state index is 0.0583. The molecule has 14 nitrogen and oxygen atoms in total. The van der Waals surface area contributed by atoms with Gasteiger partial charge in [0.1, 0.15) is 12.7 Å². The Kier molecular flexibility index (Phi) is 9.97. The molecule has 4 amide bonds. The summed E-state index contributed by atoms with van der Waals surface area (Å²) in [5.74, 6) is -2.70. The molecule has 2 fully saturated rings. The van der Waals surface area contributed by atoms with Crippen LogP contribution in [0.4, 0.5) is 4.79 Å². The quantitative estimate of drug-likeness (QED) is 0.151. The third-order valence-electron chi connectivity index (χ3n) is 4.24. The van der Waals surface area contributed by atoms with Crippen molar-refractivity contribution < 1.29 is 57.4 Å². The van der Waals surface area contributed by atoms with E-state index in [9.17, 15) is 28.8 Å². The van der Waals surface area contributed by atoms with Crippen LogP contribution in [0.15, 0.2) is 0 Å². The van der Waals surface area contributed by atoms with Crippen LogP contribution in [0, 0.1) is 0 Å². The lowest BCUT2D eigenvalue weighted by Gasteiger charge is -2.19. The van der Waals surface area contributed by atoms with Gasteiger partial charge in [0, 0.05) is 38.7 Å². The standard InChI is InChI=1S/C18H24N2O12/c1-27-17(25)3-2-8-29-12(9-28-11-31-19-13(21)4-5-14(19)22)10-30-18(26)32-20-15(23)6-7-16(20)24/h12H,2-11H2,1H3. The molecule has 2 saturated heterocycles. The molecule has 0 radical (unpaired) electrons. The van der Waals surface area contributed by atoms with E-state index in [0.29, 0.717) is 16.5 Å². The van der Waals surface area contributed by atoms with Crippen LogP contribution in [0.3, 0.4) is 0 Å². The smallest absolute Gasteiger partial charge is 0.469 e. The number of hydrogen-bond donors (Lipinski definition) is 0. The molecule has 0 aliphatic carbocycles. The van der Waals surface area contributed by atoms with Crippen molar-refractivity contribution in [3.05, 3.63) is 0 Å². The summed E-state index contributed by atoms with van der Waals surface area (Å²) in [6.45, 7) is -0.909. The van der Waals surface area contributed by atoms with Gasteiger partial charge in [-0.1, -0.05) is 5.06 Å². The van der Waals surface area contributed by atoms with Crippen LogP contribution in [-0.2, 0) is 52.6 Å². The number of rotatable bonds is 13. The number of methoxy groups -OCH3 is 1. The fourth-order valence-corrected chi connectivity index (χ4v) is 2.60. The summed E-state index contributed by atoms with van der Waals surface area (Å²) in [5, 5.41) is 0.952. The third kappa shape index (κ3) is 7.86. The highest BCUT2D eigenvalue weighted by Crippen LogP contribution is 2.13. The number of imide groups is 2. The first-order valence-electron chi connectivity index (χ1n) is 9.77. The Morgan fingerprint density at radius 1 is 0.906 bits per heavy atom. The first-order valence-corrected chi connectivity index (χ1v) is 9.77. The fourth-order valence-electron chi connectivity index (χ4n) is 2.60. The summed E-state index contributed by atoms with van der Waals surface area (Å²) in [6.07, 6.45) is -1.72. The van der Waals surface area contributed by atoms with Crippen molar-refractivity contribution in [3.63, 3.8) is 0 Å². The van der Waals surface area contributed by atoms with Gasteiger partial charge < -0.3 is 18.9 Å². The molecule has 1 atom stereocenters. The zero-order chi connectivity index (χ0) is 23.5. The number of hydroxylamine groups is 4. The molecule has 2 aliphatic heterocycles. The Balaban J connectivity index is 1.76. The molecule has 0 aromatic rings. The summed E-state index contributed by atoms with van der Waals surface area (Å²) in [7, 11) is 1.25. The molecule has 0 saturated carbocycles. The molecule has 1 unspecified atom stereocenters. The Bertz CT molecular complexity index is 707. The average molecular weight is 460 g/mol. The lowest BCUT2D eigenvalue weighted by molar-refractivity contribution is -0.222. The molecule has 0 N–H and O–H groups in total. The van der Waals surface area contributed by atoms with E-state index in [2.05, 4.69) is 9.57 Å². The molecular weight excluding hydrogens is 436 g/mol. The normalized spacial score (nSPS) is 17.2. The van der Waals surface area contributed by atoms with Gasteiger partial charge in [-0.2, -0.15) is 5.06 Å². The van der Waals surface area contributed by atoms with Crippen LogP contribution >= 0.6 is 0 Å². The van der Waals surface area contributed by atoms with Gasteiger partial charge in [-0.3, -0.25) is 28.8 Å². The summed E-state index contributed by atoms with van der Waals surface area (Å²) < 4.78 is 20.1. The minimum atomic E-state index is -1.29. The van der Waals surface area contributed by atoms with Gasteiger partial charge in [-0.15, -0.1) is 0 Å². The summed E-state index contributed by atoms with van der Waals surface area (Å²) in [4.78, 5) is 78.4. The van der Waals surface area contributed by atoms with E-state index in [1.54, 1.807) is 0 Å². The Morgan fingerprint density at radius 3 is 2.09 bits per heavy atom. The third-order valence-corrected chi connectivity index (χ3v) is 4.24. The Morgan fingerprint density at radius 2 is 1.50 bits per heavy atom. The SMILES string of the molecule is COC(=O)CCCOC(COCON1C(=O)CCC1=O)COC(=O)ON1C(=O)CCC1=O. The van der Waals surface area contributed by atoms with Gasteiger partial charge in [0.15, 0.2) is 6.79 Å². The second-order valence-corrected chi connectivity index (χ2v) is 6.61. The number of hydrogen-bond acceptors (Lipinski definition) is 12. The maximum Gasteiger partial charge on any atom is 0.534 e. The first-order chi connectivity index (χ1) is 15.3. The van der Waals surface area contributed by atoms with Gasteiger partial charge in [0.05, 0.1) is 13.7 Å². The molecular formula is C18H24N2O12. The van der Waals surface area contributed by atoms with E-state index < -0.39 is 48.7 Å². The average Bonchev–Trinajstić information content (AvgIpc) is 3.26. The van der Waals surface area contributed by atoms with E-state index in [-0.39, 0.29) is 51.9 Å². The highest BCUT2D eigenvalue weighted by molar-refractivity contribution is 6.01. The fraction of sp³-hybridized carbons (Fsp3) is 0.667. The van der Waals surface area contributed by atoms with Gasteiger partial charge >= 0.3 is 12.1 Å². The summed E-state index contributed by atoms with van der Waals surface area (Å²) >= 11 is 0. The number of nitrogens with zero attached hydrogens (tertiary/aromatic N) is 2. The number of carbonyl (C=O) groups excluding carboxylic acids is 6. The predicted octanol–water partition coefficient (Wildman–Crippen LogP) is -0.403. The van der Waals surface area contributed by atoms with Gasteiger partial charge in [0.25, 0.3) is 23.6 Å². The predicted molar refractivity (Wildman–Crippen MR) is 97.5 cm³/mol. The summed E-state index contributed by atoms with van der Waals surface area (Å²) in [5.41, 5.74) is 0. The highest BCUT2D eigenvalue weighted by Gasteiger charge is 2.34. The van der Waals surface area contributed by atoms with Crippen LogP contribution in [0.2, 0.25) is 0 Å². The molecule has 0 aromatic carbocycles. The van der Waals surface area contributed by atoms with Crippen molar-refractivity contribution in [2.45, 2.75) is 44.6 Å². The van der Waals surface area contributed by atoms with Gasteiger partial charge in [0.2, 0.25) is 0 Å². The zero-order valence-electron chi connectivity index (χ0n) is 17.4. The van der Waals surface area contributed by atoms with Crippen LogP contribution in [0.1, 0.15) is 38.5 Å². The van der Waals surface area contributed by atoms with Crippen molar-refractivity contribution in [1.82, 2.24) is 10.1 Å². The monoisotopic (exact) mass is 460 g/mol. The van der Waals surface area contributed by atoms with Crippen molar-refractivity contribution in [2.75, 3.05) is 33.7 Å². The maximum atomic E-state index is 11.8. The number of ether oxygens (including phenoxy) is 4. The van der Waals surface area contributed by atoms with E-state index in [1.165, 1.54) is 7.11 Å². The van der Waals surface area contributed by atoms with Gasteiger partial charge in [-0.25, -0.2) is 9.63 Å². The minimum Gasteiger partial charge on any atom is -0.469 e. The molecule has 32 heavy (non-hydrogen) atoms. The van der Waals surface area contributed by atoms with Crippen LogP contribution in [0.25, 0.3) is 0 Å². The molecule has 0 bridgehead atoms. The van der Waals surface area contributed by atoms with E-state index in [1.807, 2.05) is 0 Å². The largest absolute Gasteiger partial charge is 0.534 e. The molecule has 0 aromatic heterocycles. The van der Waals surface area contributed by atoms with Crippen LogP contribution in [0.5, 0.6) is 0 Å². The van der Waals surface area contributed by atoms with Crippen LogP contribution < -0.4 is 0 Å². The molecule has 178 valence electrons. The maximum absolute atomic E-state index is 11.8. The lowest BCUT2D eigenvalue weighted by atomic mass is 10.3. The number of amides is 4. The first kappa shape index (κ1) is 25.2. The van der Waals surface area contributed by atoms with Crippen molar-refractivity contribution in [2.24, 2.45) is 0 Å². The lowest BCUT2D eigenvalue weighted by Crippen LogP contribution is -2.35. The number of carbonyl (C=O) groups is 6. The summed E-state index contributed by atoms with van der Waals surface area (Å²) in [6, 6.07) is 0. The zero-order valence-corrected chi connectivity index (χ0v) is 17.4. The van der Waals surface area contributed by atoms with Crippen LogP contribution in [-0.4, -0.2) is 85.7 Å². The van der Waals surface area contributed by atoms with E-state index in [0.717, 1.165) is 0 Å². The van der Waals surface area contributed by atoms with Crippen molar-refractivity contribution in [1.29, 1.82) is 0 Å².